The van der Waals surface area contributed by atoms with Crippen LogP contribution < -0.4 is 10.0 Å². The molecule has 0 aliphatic heterocycles. The largest absolute Gasteiger partial charge is 0.346 e. The molecule has 162 valence electrons. The van der Waals surface area contributed by atoms with Gasteiger partial charge in [-0.2, -0.15) is 0 Å². The highest BCUT2D eigenvalue weighted by molar-refractivity contribution is 7.92. The van der Waals surface area contributed by atoms with E-state index < -0.39 is 10.0 Å². The minimum atomic E-state index is -3.81. The van der Waals surface area contributed by atoms with E-state index >= 15 is 0 Å². The standard InChI is InChI=1S/C24H27N3O3S/c1-15-11-18(4)23(19(5)12-15)31(29,30)27-21-13-20(9-8-17(21)3)24(28)26-14-22-16(2)7-6-10-25-22/h6-13,27H,14H2,1-5H3,(H,26,28). The molecule has 3 rings (SSSR count). The van der Waals surface area contributed by atoms with Gasteiger partial charge in [0.15, 0.2) is 0 Å². The lowest BCUT2D eigenvalue weighted by molar-refractivity contribution is 0.0950. The molecule has 0 radical (unpaired) electrons. The normalized spacial score (nSPS) is 11.3. The lowest BCUT2D eigenvalue weighted by Crippen LogP contribution is -2.24. The van der Waals surface area contributed by atoms with Gasteiger partial charge in [0.1, 0.15) is 0 Å². The molecule has 0 spiro atoms. The monoisotopic (exact) mass is 437 g/mol. The highest BCUT2D eigenvalue weighted by Crippen LogP contribution is 2.26. The Morgan fingerprint density at radius 1 is 0.903 bits per heavy atom. The van der Waals surface area contributed by atoms with Gasteiger partial charge in [-0.3, -0.25) is 14.5 Å². The molecule has 3 aromatic rings. The summed E-state index contributed by atoms with van der Waals surface area (Å²) in [6, 6.07) is 12.4. The van der Waals surface area contributed by atoms with Gasteiger partial charge in [0.25, 0.3) is 15.9 Å². The molecular weight excluding hydrogens is 410 g/mol. The number of benzene rings is 2. The average Bonchev–Trinajstić information content (AvgIpc) is 2.67. The van der Waals surface area contributed by atoms with Gasteiger partial charge < -0.3 is 5.32 Å². The van der Waals surface area contributed by atoms with E-state index in [1.165, 1.54) is 0 Å². The van der Waals surface area contributed by atoms with Crippen molar-refractivity contribution >= 4 is 21.6 Å². The SMILES string of the molecule is Cc1cc(C)c(S(=O)(=O)Nc2cc(C(=O)NCc3ncccc3C)ccc2C)c(C)c1. The Kier molecular flexibility index (Phi) is 6.45. The van der Waals surface area contributed by atoms with Crippen LogP contribution in [0, 0.1) is 34.6 Å². The molecule has 1 heterocycles. The van der Waals surface area contributed by atoms with Crippen molar-refractivity contribution in [2.45, 2.75) is 46.1 Å². The van der Waals surface area contributed by atoms with Gasteiger partial charge in [-0.25, -0.2) is 8.42 Å². The van der Waals surface area contributed by atoms with Crippen LogP contribution in [0.4, 0.5) is 5.69 Å². The number of nitrogens with zero attached hydrogens (tertiary/aromatic N) is 1. The van der Waals surface area contributed by atoms with E-state index in [1.54, 1.807) is 45.2 Å². The predicted molar refractivity (Wildman–Crippen MR) is 123 cm³/mol. The van der Waals surface area contributed by atoms with Crippen molar-refractivity contribution in [3.05, 3.63) is 87.7 Å². The second kappa shape index (κ2) is 8.89. The van der Waals surface area contributed by atoms with E-state index in [1.807, 2.05) is 38.1 Å². The number of aryl methyl sites for hydroxylation is 5. The van der Waals surface area contributed by atoms with Crippen LogP contribution in [0.1, 0.15) is 43.9 Å². The molecule has 0 fully saturated rings. The van der Waals surface area contributed by atoms with Crippen molar-refractivity contribution in [1.82, 2.24) is 10.3 Å². The average molecular weight is 438 g/mol. The first-order chi connectivity index (χ1) is 14.6. The molecular formula is C24H27N3O3S. The fourth-order valence-electron chi connectivity index (χ4n) is 3.63. The molecule has 0 bridgehead atoms. The Hall–Kier alpha value is -3.19. The molecule has 2 aromatic carbocycles. The fourth-order valence-corrected chi connectivity index (χ4v) is 5.21. The summed E-state index contributed by atoms with van der Waals surface area (Å²) in [5, 5.41) is 2.84. The summed E-state index contributed by atoms with van der Waals surface area (Å²) in [6.07, 6.45) is 1.68. The Bertz CT molecular complexity index is 1230. The summed E-state index contributed by atoms with van der Waals surface area (Å²) in [6.45, 7) is 9.52. The smallest absolute Gasteiger partial charge is 0.262 e. The maximum Gasteiger partial charge on any atom is 0.262 e. The zero-order chi connectivity index (χ0) is 22.8. The maximum atomic E-state index is 13.1. The number of rotatable bonds is 6. The van der Waals surface area contributed by atoms with E-state index in [0.29, 0.717) is 28.9 Å². The highest BCUT2D eigenvalue weighted by atomic mass is 32.2. The Morgan fingerprint density at radius 2 is 1.58 bits per heavy atom. The molecule has 1 amide bonds. The van der Waals surface area contributed by atoms with Crippen molar-refractivity contribution < 1.29 is 13.2 Å². The zero-order valence-electron chi connectivity index (χ0n) is 18.4. The van der Waals surface area contributed by atoms with Crippen LogP contribution in [0.2, 0.25) is 0 Å². The molecule has 0 atom stereocenters. The molecule has 0 aliphatic carbocycles. The third-order valence-corrected chi connectivity index (χ3v) is 6.82. The highest BCUT2D eigenvalue weighted by Gasteiger charge is 2.21. The molecule has 31 heavy (non-hydrogen) atoms. The third kappa shape index (κ3) is 5.11. The van der Waals surface area contributed by atoms with Gasteiger partial charge in [-0.15, -0.1) is 0 Å². The molecule has 1 aromatic heterocycles. The molecule has 0 saturated heterocycles. The molecule has 2 N–H and O–H groups in total. The molecule has 0 aliphatic rings. The summed E-state index contributed by atoms with van der Waals surface area (Å²) in [5.74, 6) is -0.298. The first-order valence-corrected chi connectivity index (χ1v) is 11.5. The van der Waals surface area contributed by atoms with Gasteiger partial charge >= 0.3 is 0 Å². The minimum absolute atomic E-state index is 0.262. The number of aromatic nitrogens is 1. The number of carbonyl (C=O) groups excluding carboxylic acids is 1. The van der Waals surface area contributed by atoms with Crippen molar-refractivity contribution in [2.75, 3.05) is 4.72 Å². The van der Waals surface area contributed by atoms with Crippen molar-refractivity contribution in [3.63, 3.8) is 0 Å². The van der Waals surface area contributed by atoms with Gasteiger partial charge in [0, 0.05) is 11.8 Å². The zero-order valence-corrected chi connectivity index (χ0v) is 19.2. The number of carbonyl (C=O) groups is 1. The summed E-state index contributed by atoms with van der Waals surface area (Å²) in [5.41, 5.74) is 5.62. The van der Waals surface area contributed by atoms with E-state index in [9.17, 15) is 13.2 Å². The van der Waals surface area contributed by atoms with Crippen LogP contribution in [0.3, 0.4) is 0 Å². The van der Waals surface area contributed by atoms with E-state index in [-0.39, 0.29) is 10.8 Å². The Labute approximate surface area is 183 Å². The third-order valence-electron chi connectivity index (χ3n) is 5.15. The summed E-state index contributed by atoms with van der Waals surface area (Å²) in [7, 11) is -3.81. The Morgan fingerprint density at radius 3 is 2.23 bits per heavy atom. The molecule has 6 nitrogen and oxygen atoms in total. The van der Waals surface area contributed by atoms with Crippen LogP contribution in [0.15, 0.2) is 53.6 Å². The second-order valence-electron chi connectivity index (χ2n) is 7.81. The number of anilines is 1. The van der Waals surface area contributed by atoms with E-state index in [0.717, 1.165) is 22.4 Å². The quantitative estimate of drug-likeness (QED) is 0.600. The van der Waals surface area contributed by atoms with E-state index in [4.69, 9.17) is 0 Å². The second-order valence-corrected chi connectivity index (χ2v) is 9.43. The number of hydrogen-bond acceptors (Lipinski definition) is 4. The first kappa shape index (κ1) is 22.5. The van der Waals surface area contributed by atoms with Crippen molar-refractivity contribution in [2.24, 2.45) is 0 Å². The van der Waals surface area contributed by atoms with Crippen molar-refractivity contribution in [3.8, 4) is 0 Å². The van der Waals surface area contributed by atoms with Gasteiger partial charge in [-0.1, -0.05) is 29.8 Å². The number of sulfonamides is 1. The van der Waals surface area contributed by atoms with E-state index in [2.05, 4.69) is 15.0 Å². The minimum Gasteiger partial charge on any atom is -0.346 e. The summed E-state index contributed by atoms with van der Waals surface area (Å²) >= 11 is 0. The fraction of sp³-hybridized carbons (Fsp3) is 0.250. The maximum absolute atomic E-state index is 13.1. The number of amides is 1. The summed E-state index contributed by atoms with van der Waals surface area (Å²) in [4.78, 5) is 17.2. The molecule has 0 saturated carbocycles. The Balaban J connectivity index is 1.84. The predicted octanol–water partition coefficient (Wildman–Crippen LogP) is 4.35. The number of nitrogens with one attached hydrogen (secondary N) is 2. The number of pyridine rings is 1. The topological polar surface area (TPSA) is 88.2 Å². The van der Waals surface area contributed by atoms with Crippen LogP contribution >= 0.6 is 0 Å². The molecule has 0 unspecified atom stereocenters. The van der Waals surface area contributed by atoms with Crippen LogP contribution in [0.25, 0.3) is 0 Å². The lowest BCUT2D eigenvalue weighted by Gasteiger charge is -2.16. The van der Waals surface area contributed by atoms with Crippen molar-refractivity contribution in [1.29, 1.82) is 0 Å². The molecule has 7 heteroatoms. The van der Waals surface area contributed by atoms with Gasteiger partial charge in [0.2, 0.25) is 0 Å². The lowest BCUT2D eigenvalue weighted by atomic mass is 10.1. The van der Waals surface area contributed by atoms with Crippen LogP contribution in [-0.4, -0.2) is 19.3 Å². The van der Waals surface area contributed by atoms with Crippen LogP contribution in [-0.2, 0) is 16.6 Å². The van der Waals surface area contributed by atoms with Gasteiger partial charge in [-0.05, 0) is 75.1 Å². The van der Waals surface area contributed by atoms with Gasteiger partial charge in [0.05, 0.1) is 22.8 Å². The summed E-state index contributed by atoms with van der Waals surface area (Å²) < 4.78 is 28.9. The number of hydrogen-bond donors (Lipinski definition) is 2. The van der Waals surface area contributed by atoms with Crippen LogP contribution in [0.5, 0.6) is 0 Å². The first-order valence-electron chi connectivity index (χ1n) is 9.98.